The van der Waals surface area contributed by atoms with Gasteiger partial charge in [0.15, 0.2) is 0 Å². The lowest BCUT2D eigenvalue weighted by Gasteiger charge is -2.31. The molecule has 1 aromatic heterocycles. The van der Waals surface area contributed by atoms with Gasteiger partial charge in [0.1, 0.15) is 0 Å². The van der Waals surface area contributed by atoms with Crippen molar-refractivity contribution in [1.29, 1.82) is 0 Å². The van der Waals surface area contributed by atoms with Crippen LogP contribution in [0.2, 0.25) is 0 Å². The van der Waals surface area contributed by atoms with Crippen LogP contribution >= 0.6 is 11.3 Å². The number of hydrogen-bond donors (Lipinski definition) is 2. The first-order chi connectivity index (χ1) is 14.6. The monoisotopic (exact) mass is 431 g/mol. The molecule has 0 bridgehead atoms. The van der Waals surface area contributed by atoms with Crippen LogP contribution in [0.5, 0.6) is 0 Å². The Hall–Kier alpha value is -2.85. The summed E-state index contributed by atoms with van der Waals surface area (Å²) in [7, 11) is 1.62. The first kappa shape index (κ1) is 21.8. The standard InChI is InChI=1S/C20H25N5O4S/c1-29-12-6-10-21-16(26)14-7-5-11-25(13-14)20(28)19-24-23-18(30-19)17(27)22-15-8-3-2-4-9-15/h2-4,8-9,14H,5-7,10-13H2,1H3,(H,21,26)(H,22,27). The maximum Gasteiger partial charge on any atom is 0.286 e. The fourth-order valence-corrected chi connectivity index (χ4v) is 3.90. The van der Waals surface area contributed by atoms with Crippen LogP contribution in [0, 0.1) is 5.92 Å². The topological polar surface area (TPSA) is 114 Å². The second-order valence-electron chi connectivity index (χ2n) is 6.96. The molecule has 1 aliphatic rings. The van der Waals surface area contributed by atoms with Crippen LogP contribution in [0.4, 0.5) is 5.69 Å². The van der Waals surface area contributed by atoms with Crippen molar-refractivity contribution in [2.24, 2.45) is 5.92 Å². The number of carbonyl (C=O) groups excluding carboxylic acids is 3. The molecule has 2 heterocycles. The van der Waals surface area contributed by atoms with Crippen molar-refractivity contribution < 1.29 is 19.1 Å². The number of carbonyl (C=O) groups is 3. The number of benzene rings is 1. The number of anilines is 1. The van der Waals surface area contributed by atoms with E-state index in [2.05, 4.69) is 20.8 Å². The predicted molar refractivity (Wildman–Crippen MR) is 112 cm³/mol. The van der Waals surface area contributed by atoms with Crippen molar-refractivity contribution in [2.45, 2.75) is 19.3 Å². The molecule has 0 spiro atoms. The Morgan fingerprint density at radius 2 is 1.97 bits per heavy atom. The minimum atomic E-state index is -0.412. The smallest absolute Gasteiger partial charge is 0.286 e. The zero-order chi connectivity index (χ0) is 21.3. The van der Waals surface area contributed by atoms with E-state index in [-0.39, 0.29) is 27.7 Å². The summed E-state index contributed by atoms with van der Waals surface area (Å²) in [6.07, 6.45) is 2.22. The van der Waals surface area contributed by atoms with Gasteiger partial charge in [0.25, 0.3) is 11.8 Å². The second-order valence-corrected chi connectivity index (χ2v) is 7.94. The maximum atomic E-state index is 12.8. The van der Waals surface area contributed by atoms with Crippen LogP contribution in [-0.4, -0.2) is 66.2 Å². The summed E-state index contributed by atoms with van der Waals surface area (Å²) in [5.74, 6) is -1.02. The number of aromatic nitrogens is 2. The van der Waals surface area contributed by atoms with Crippen LogP contribution < -0.4 is 10.6 Å². The minimum Gasteiger partial charge on any atom is -0.385 e. The Kier molecular flexibility index (Phi) is 7.86. The Balaban J connectivity index is 1.56. The second kappa shape index (κ2) is 10.8. The van der Waals surface area contributed by atoms with E-state index in [4.69, 9.17) is 4.74 Å². The summed E-state index contributed by atoms with van der Waals surface area (Å²) >= 11 is 0.951. The number of likely N-dealkylation sites (tertiary alicyclic amines) is 1. The van der Waals surface area contributed by atoms with E-state index in [1.54, 1.807) is 24.1 Å². The summed E-state index contributed by atoms with van der Waals surface area (Å²) < 4.78 is 4.97. The number of amides is 3. The van der Waals surface area contributed by atoms with Gasteiger partial charge in [-0.3, -0.25) is 14.4 Å². The largest absolute Gasteiger partial charge is 0.385 e. The molecule has 1 atom stereocenters. The summed E-state index contributed by atoms with van der Waals surface area (Å²) in [4.78, 5) is 39.1. The normalized spacial score (nSPS) is 16.2. The van der Waals surface area contributed by atoms with Crippen molar-refractivity contribution in [3.8, 4) is 0 Å². The van der Waals surface area contributed by atoms with Crippen LogP contribution in [-0.2, 0) is 9.53 Å². The first-order valence-corrected chi connectivity index (χ1v) is 10.7. The quantitative estimate of drug-likeness (QED) is 0.616. The summed E-state index contributed by atoms with van der Waals surface area (Å²) in [5.41, 5.74) is 0.640. The van der Waals surface area contributed by atoms with E-state index in [1.165, 1.54) is 0 Å². The van der Waals surface area contributed by atoms with Gasteiger partial charge in [-0.1, -0.05) is 29.5 Å². The number of piperidine rings is 1. The van der Waals surface area contributed by atoms with E-state index < -0.39 is 5.91 Å². The molecule has 0 radical (unpaired) electrons. The van der Waals surface area contributed by atoms with E-state index in [1.807, 2.05) is 18.2 Å². The highest BCUT2D eigenvalue weighted by molar-refractivity contribution is 7.15. The van der Waals surface area contributed by atoms with Crippen molar-refractivity contribution in [1.82, 2.24) is 20.4 Å². The number of ether oxygens (including phenoxy) is 1. The van der Waals surface area contributed by atoms with Gasteiger partial charge in [0.2, 0.25) is 15.9 Å². The lowest BCUT2D eigenvalue weighted by atomic mass is 9.97. The van der Waals surface area contributed by atoms with E-state index in [9.17, 15) is 14.4 Å². The maximum absolute atomic E-state index is 12.8. The van der Waals surface area contributed by atoms with Crippen LogP contribution in [0.15, 0.2) is 30.3 Å². The number of nitrogens with zero attached hydrogens (tertiary/aromatic N) is 3. The molecule has 0 saturated carbocycles. The van der Waals surface area contributed by atoms with Gasteiger partial charge < -0.3 is 20.3 Å². The predicted octanol–water partition coefficient (Wildman–Crippen LogP) is 1.80. The van der Waals surface area contributed by atoms with Crippen LogP contribution in [0.1, 0.15) is 38.9 Å². The molecule has 1 fully saturated rings. The SMILES string of the molecule is COCCCNC(=O)C1CCCN(C(=O)c2nnc(C(=O)Nc3ccccc3)s2)C1. The van der Waals surface area contributed by atoms with Gasteiger partial charge in [-0.05, 0) is 31.4 Å². The van der Waals surface area contributed by atoms with Gasteiger partial charge in [-0.25, -0.2) is 0 Å². The number of hydrogen-bond acceptors (Lipinski definition) is 7. The summed E-state index contributed by atoms with van der Waals surface area (Å²) in [5, 5.41) is 13.6. The Bertz CT molecular complexity index is 873. The lowest BCUT2D eigenvalue weighted by Crippen LogP contribution is -2.45. The third-order valence-electron chi connectivity index (χ3n) is 4.74. The molecule has 160 valence electrons. The molecule has 0 aliphatic carbocycles. The molecule has 1 aliphatic heterocycles. The molecule has 10 heteroatoms. The third kappa shape index (κ3) is 5.83. The first-order valence-electron chi connectivity index (χ1n) is 9.84. The zero-order valence-electron chi connectivity index (χ0n) is 16.8. The van der Waals surface area contributed by atoms with Crippen molar-refractivity contribution in [3.63, 3.8) is 0 Å². The Morgan fingerprint density at radius 3 is 2.73 bits per heavy atom. The van der Waals surface area contributed by atoms with Gasteiger partial charge in [-0.15, -0.1) is 10.2 Å². The van der Waals surface area contributed by atoms with Gasteiger partial charge in [-0.2, -0.15) is 0 Å². The average Bonchev–Trinajstić information content (AvgIpc) is 3.27. The highest BCUT2D eigenvalue weighted by Crippen LogP contribution is 2.21. The molecular weight excluding hydrogens is 406 g/mol. The highest BCUT2D eigenvalue weighted by atomic mass is 32.1. The van der Waals surface area contributed by atoms with Gasteiger partial charge in [0, 0.05) is 39.0 Å². The molecule has 30 heavy (non-hydrogen) atoms. The molecule has 1 saturated heterocycles. The Morgan fingerprint density at radius 1 is 1.20 bits per heavy atom. The molecule has 1 aromatic carbocycles. The molecule has 9 nitrogen and oxygen atoms in total. The zero-order valence-corrected chi connectivity index (χ0v) is 17.6. The van der Waals surface area contributed by atoms with Gasteiger partial charge >= 0.3 is 0 Å². The highest BCUT2D eigenvalue weighted by Gasteiger charge is 2.30. The average molecular weight is 432 g/mol. The van der Waals surface area contributed by atoms with Crippen LogP contribution in [0.25, 0.3) is 0 Å². The number of methoxy groups -OCH3 is 1. The van der Waals surface area contributed by atoms with Crippen molar-refractivity contribution >= 4 is 34.7 Å². The van der Waals surface area contributed by atoms with Crippen molar-refractivity contribution in [2.75, 3.05) is 38.7 Å². The fourth-order valence-electron chi connectivity index (χ4n) is 3.19. The number of para-hydroxylation sites is 1. The number of nitrogens with one attached hydrogen (secondary N) is 2. The molecule has 1 unspecified atom stereocenters. The number of rotatable bonds is 8. The Labute approximate surface area is 178 Å². The van der Waals surface area contributed by atoms with Crippen molar-refractivity contribution in [3.05, 3.63) is 40.3 Å². The van der Waals surface area contributed by atoms with E-state index in [0.717, 1.165) is 30.6 Å². The van der Waals surface area contributed by atoms with Gasteiger partial charge in [0.05, 0.1) is 5.92 Å². The minimum absolute atomic E-state index is 0.0520. The molecule has 3 rings (SSSR count). The van der Waals surface area contributed by atoms with Crippen LogP contribution in [0.3, 0.4) is 0 Å². The molecular formula is C20H25N5O4S. The van der Waals surface area contributed by atoms with E-state index >= 15 is 0 Å². The summed E-state index contributed by atoms with van der Waals surface area (Å²) in [6.45, 7) is 2.03. The van der Waals surface area contributed by atoms with E-state index in [0.29, 0.717) is 31.9 Å². The molecule has 2 N–H and O–H groups in total. The molecule has 2 aromatic rings. The third-order valence-corrected chi connectivity index (χ3v) is 5.65. The lowest BCUT2D eigenvalue weighted by molar-refractivity contribution is -0.126. The molecule has 3 amide bonds. The fraction of sp³-hybridized carbons (Fsp3) is 0.450. The summed E-state index contributed by atoms with van der Waals surface area (Å²) in [6, 6.07) is 9.00.